The number of hydrogen-bond acceptors (Lipinski definition) is 4. The summed E-state index contributed by atoms with van der Waals surface area (Å²) in [7, 11) is 0. The first-order valence-electron chi connectivity index (χ1n) is 9.93. The molecule has 29 heavy (non-hydrogen) atoms. The van der Waals surface area contributed by atoms with Crippen LogP contribution in [0.5, 0.6) is 0 Å². The van der Waals surface area contributed by atoms with Crippen molar-refractivity contribution in [3.05, 3.63) is 78.8 Å². The lowest BCUT2D eigenvalue weighted by atomic mass is 9.83. The summed E-state index contributed by atoms with van der Waals surface area (Å²) in [5.74, 6) is 0.921. The van der Waals surface area contributed by atoms with Crippen molar-refractivity contribution in [2.24, 2.45) is 0 Å². The van der Waals surface area contributed by atoms with Crippen LogP contribution in [0.15, 0.2) is 73.1 Å². The lowest BCUT2D eigenvalue weighted by Gasteiger charge is -2.45. The first-order chi connectivity index (χ1) is 14.1. The molecule has 2 aromatic rings. The average molecular weight is 390 g/mol. The van der Waals surface area contributed by atoms with Gasteiger partial charge in [-0.1, -0.05) is 30.9 Å². The van der Waals surface area contributed by atoms with Crippen LogP contribution in [0.25, 0.3) is 5.82 Å². The molecule has 4 rings (SSSR count). The molecular formula is C23H26N4O2. The molecule has 2 aromatic heterocycles. The highest BCUT2D eigenvalue weighted by Gasteiger charge is 2.42. The molecule has 0 unspecified atom stereocenters. The van der Waals surface area contributed by atoms with Crippen molar-refractivity contribution < 1.29 is 9.53 Å². The van der Waals surface area contributed by atoms with Crippen LogP contribution in [0, 0.1) is 0 Å². The Kier molecular flexibility index (Phi) is 5.25. The number of nitrogens with zero attached hydrogens (tertiary/aromatic N) is 3. The number of piperidine rings is 1. The van der Waals surface area contributed by atoms with E-state index in [0.29, 0.717) is 13.1 Å². The summed E-state index contributed by atoms with van der Waals surface area (Å²) in [4.78, 5) is 18.8. The molecule has 2 aliphatic rings. The molecule has 1 saturated heterocycles. The quantitative estimate of drug-likeness (QED) is 0.786. The van der Waals surface area contributed by atoms with Crippen LogP contribution in [-0.4, -0.2) is 40.2 Å². The van der Waals surface area contributed by atoms with Crippen molar-refractivity contribution in [1.82, 2.24) is 14.5 Å². The average Bonchev–Trinajstić information content (AvgIpc) is 3.24. The lowest BCUT2D eigenvalue weighted by molar-refractivity contribution is 0.0916. The molecule has 2 aliphatic heterocycles. The summed E-state index contributed by atoms with van der Waals surface area (Å²) in [6, 6.07) is 8.19. The van der Waals surface area contributed by atoms with Gasteiger partial charge in [0.1, 0.15) is 6.61 Å². The third kappa shape index (κ3) is 3.70. The fraction of sp³-hybridized carbons (Fsp3) is 0.304. The molecule has 0 atom stereocenters. The van der Waals surface area contributed by atoms with Gasteiger partial charge in [0.25, 0.3) is 0 Å². The molecule has 6 nitrogen and oxygen atoms in total. The van der Waals surface area contributed by atoms with Gasteiger partial charge in [-0.15, -0.1) is 0 Å². The highest BCUT2D eigenvalue weighted by atomic mass is 16.6. The van der Waals surface area contributed by atoms with Crippen LogP contribution >= 0.6 is 0 Å². The van der Waals surface area contributed by atoms with Crippen molar-refractivity contribution >= 4 is 11.8 Å². The number of likely N-dealkylation sites (tertiary alicyclic amines) is 1. The van der Waals surface area contributed by atoms with Crippen LogP contribution in [0.2, 0.25) is 0 Å². The molecule has 4 heterocycles. The van der Waals surface area contributed by atoms with Gasteiger partial charge in [0.2, 0.25) is 0 Å². The molecule has 1 spiro atoms. The number of amides is 1. The molecule has 1 amide bonds. The van der Waals surface area contributed by atoms with Gasteiger partial charge in [-0.2, -0.15) is 0 Å². The Labute approximate surface area is 171 Å². The topological polar surface area (TPSA) is 59.4 Å². The maximum Gasteiger partial charge on any atom is 0.410 e. The van der Waals surface area contributed by atoms with Crippen LogP contribution in [0.1, 0.15) is 25.5 Å². The number of ether oxygens (including phenoxy) is 1. The van der Waals surface area contributed by atoms with Crippen LogP contribution in [-0.2, 0) is 10.3 Å². The normalized spacial score (nSPS) is 17.2. The minimum Gasteiger partial charge on any atom is -0.445 e. The van der Waals surface area contributed by atoms with Crippen LogP contribution < -0.4 is 5.32 Å². The van der Waals surface area contributed by atoms with Crippen molar-refractivity contribution in [1.29, 1.82) is 0 Å². The molecule has 0 aromatic carbocycles. The standard InChI is InChI=1S/C23H26N4O2/c1-3-4-5-8-18(2)17-29-22(28)26-15-11-23(12-16-26)20-10-7-14-27(20)21-19(25-23)9-6-13-24-21/h3-10,13-14,25H,2,11-12,15-17H2,1H3. The predicted molar refractivity (Wildman–Crippen MR) is 114 cm³/mol. The summed E-state index contributed by atoms with van der Waals surface area (Å²) in [5.41, 5.74) is 2.78. The second-order valence-electron chi connectivity index (χ2n) is 7.43. The summed E-state index contributed by atoms with van der Waals surface area (Å²) in [6.07, 6.45) is 12.8. The number of anilines is 1. The van der Waals surface area contributed by atoms with E-state index in [9.17, 15) is 4.79 Å². The number of pyridine rings is 1. The molecule has 1 N–H and O–H groups in total. The van der Waals surface area contributed by atoms with Crippen LogP contribution in [0.3, 0.4) is 0 Å². The van der Waals surface area contributed by atoms with E-state index in [4.69, 9.17) is 4.74 Å². The van der Waals surface area contributed by atoms with E-state index >= 15 is 0 Å². The van der Waals surface area contributed by atoms with Gasteiger partial charge in [-0.25, -0.2) is 9.78 Å². The van der Waals surface area contributed by atoms with Gasteiger partial charge >= 0.3 is 6.09 Å². The zero-order chi connectivity index (χ0) is 20.3. The molecule has 0 radical (unpaired) electrons. The number of carbonyl (C=O) groups excluding carboxylic acids is 1. The fourth-order valence-electron chi connectivity index (χ4n) is 4.01. The maximum atomic E-state index is 12.5. The molecular weight excluding hydrogens is 364 g/mol. The number of allylic oxidation sites excluding steroid dienone is 3. The lowest BCUT2D eigenvalue weighted by Crippen LogP contribution is -2.51. The molecule has 0 saturated carbocycles. The molecule has 0 aliphatic carbocycles. The van der Waals surface area contributed by atoms with Gasteiger partial charge in [0, 0.05) is 31.2 Å². The predicted octanol–water partition coefficient (Wildman–Crippen LogP) is 4.41. The first-order valence-corrected chi connectivity index (χ1v) is 9.93. The Bertz CT molecular complexity index is 965. The first kappa shape index (κ1) is 19.1. The smallest absolute Gasteiger partial charge is 0.410 e. The fourth-order valence-corrected chi connectivity index (χ4v) is 4.01. The van der Waals surface area contributed by atoms with E-state index in [0.717, 1.165) is 29.9 Å². The number of hydrogen-bond donors (Lipinski definition) is 1. The van der Waals surface area contributed by atoms with E-state index in [1.54, 1.807) is 4.90 Å². The van der Waals surface area contributed by atoms with E-state index < -0.39 is 0 Å². The minimum atomic E-state index is -0.284. The Morgan fingerprint density at radius 2 is 2.14 bits per heavy atom. The Hall–Kier alpha value is -3.28. The highest BCUT2D eigenvalue weighted by molar-refractivity contribution is 5.69. The summed E-state index contributed by atoms with van der Waals surface area (Å²) in [5, 5.41) is 3.70. The second-order valence-corrected chi connectivity index (χ2v) is 7.43. The zero-order valence-corrected chi connectivity index (χ0v) is 16.7. The van der Waals surface area contributed by atoms with Gasteiger partial charge in [0.05, 0.1) is 11.2 Å². The monoisotopic (exact) mass is 390 g/mol. The highest BCUT2D eigenvalue weighted by Crippen LogP contribution is 2.42. The maximum absolute atomic E-state index is 12.5. The zero-order valence-electron chi connectivity index (χ0n) is 16.7. The summed E-state index contributed by atoms with van der Waals surface area (Å²) in [6.45, 7) is 7.33. The molecule has 1 fully saturated rings. The summed E-state index contributed by atoms with van der Waals surface area (Å²) >= 11 is 0. The second kappa shape index (κ2) is 7.99. The van der Waals surface area contributed by atoms with Crippen molar-refractivity contribution in [2.45, 2.75) is 25.3 Å². The third-order valence-electron chi connectivity index (χ3n) is 5.52. The Balaban J connectivity index is 1.40. The van der Waals surface area contributed by atoms with E-state index in [1.165, 1.54) is 5.69 Å². The largest absolute Gasteiger partial charge is 0.445 e. The van der Waals surface area contributed by atoms with Crippen molar-refractivity contribution in [3.8, 4) is 5.82 Å². The Morgan fingerprint density at radius 3 is 2.93 bits per heavy atom. The van der Waals surface area contributed by atoms with Crippen molar-refractivity contribution in [3.63, 3.8) is 0 Å². The van der Waals surface area contributed by atoms with E-state index in [1.807, 2.05) is 43.5 Å². The van der Waals surface area contributed by atoms with Gasteiger partial charge in [-0.3, -0.25) is 0 Å². The third-order valence-corrected chi connectivity index (χ3v) is 5.52. The van der Waals surface area contributed by atoms with Gasteiger partial charge in [-0.05, 0) is 49.6 Å². The number of rotatable bonds is 4. The molecule has 150 valence electrons. The SMILES string of the molecule is C=C(C=CC=CC)COC(=O)N1CCC2(CC1)Nc1cccnc1-n1cccc12. The van der Waals surface area contributed by atoms with E-state index in [2.05, 4.69) is 45.8 Å². The number of fused-ring (bicyclic) bond motifs is 4. The van der Waals surface area contributed by atoms with Crippen molar-refractivity contribution in [2.75, 3.05) is 25.0 Å². The number of aromatic nitrogens is 2. The number of carbonyl (C=O) groups is 1. The van der Waals surface area contributed by atoms with Gasteiger partial charge < -0.3 is 19.5 Å². The van der Waals surface area contributed by atoms with Crippen LogP contribution in [0.4, 0.5) is 10.5 Å². The minimum absolute atomic E-state index is 0.199. The Morgan fingerprint density at radius 1 is 1.31 bits per heavy atom. The van der Waals surface area contributed by atoms with E-state index in [-0.39, 0.29) is 18.2 Å². The molecule has 6 heteroatoms. The molecule has 0 bridgehead atoms. The summed E-state index contributed by atoms with van der Waals surface area (Å²) < 4.78 is 7.59. The number of nitrogens with one attached hydrogen (secondary N) is 1. The van der Waals surface area contributed by atoms with Gasteiger partial charge in [0.15, 0.2) is 5.82 Å².